The second-order valence-corrected chi connectivity index (χ2v) is 4.44. The van der Waals surface area contributed by atoms with Gasteiger partial charge in [-0.25, -0.2) is 9.59 Å². The molecule has 0 aromatic heterocycles. The van der Waals surface area contributed by atoms with Crippen LogP contribution in [0.4, 0.5) is 0 Å². The molecular formula is C14H24O4. The molecule has 0 aromatic carbocycles. The van der Waals surface area contributed by atoms with Gasteiger partial charge in [0, 0.05) is 11.1 Å². The lowest BCUT2D eigenvalue weighted by Gasteiger charge is -2.07. The summed E-state index contributed by atoms with van der Waals surface area (Å²) in [5, 5.41) is 18.0. The van der Waals surface area contributed by atoms with E-state index in [9.17, 15) is 9.59 Å². The molecule has 0 unspecified atom stereocenters. The second kappa shape index (κ2) is 9.68. The van der Waals surface area contributed by atoms with E-state index in [0.717, 1.165) is 19.3 Å². The topological polar surface area (TPSA) is 74.6 Å². The number of hydrogen-bond acceptors (Lipinski definition) is 2. The molecule has 0 radical (unpaired) electrons. The molecule has 2 N–H and O–H groups in total. The van der Waals surface area contributed by atoms with E-state index in [1.54, 1.807) is 6.92 Å². The van der Waals surface area contributed by atoms with E-state index in [4.69, 9.17) is 10.2 Å². The van der Waals surface area contributed by atoms with Gasteiger partial charge >= 0.3 is 11.9 Å². The summed E-state index contributed by atoms with van der Waals surface area (Å²) in [5.41, 5.74) is 0.108. The molecule has 0 atom stereocenters. The van der Waals surface area contributed by atoms with E-state index in [2.05, 4.69) is 6.92 Å². The van der Waals surface area contributed by atoms with Crippen molar-refractivity contribution in [2.24, 2.45) is 0 Å². The molecule has 0 bridgehead atoms. The molecule has 4 nitrogen and oxygen atoms in total. The number of carboxylic acid groups (broad SMARTS) is 2. The smallest absolute Gasteiger partial charge is 0.332 e. The predicted octanol–water partition coefficient (Wildman–Crippen LogP) is 3.61. The summed E-state index contributed by atoms with van der Waals surface area (Å²) in [4.78, 5) is 22.0. The molecule has 0 aliphatic heterocycles. The maximum absolute atomic E-state index is 11.0. The molecule has 0 heterocycles. The van der Waals surface area contributed by atoms with Crippen LogP contribution in [0.15, 0.2) is 11.1 Å². The molecular weight excluding hydrogens is 232 g/mol. The minimum Gasteiger partial charge on any atom is -0.478 e. The van der Waals surface area contributed by atoms with Gasteiger partial charge in [0.05, 0.1) is 0 Å². The van der Waals surface area contributed by atoms with E-state index < -0.39 is 11.9 Å². The summed E-state index contributed by atoms with van der Waals surface area (Å²) in [6, 6.07) is 0. The third kappa shape index (κ3) is 6.42. The summed E-state index contributed by atoms with van der Waals surface area (Å²) < 4.78 is 0. The normalized spacial score (nSPS) is 12.1. The van der Waals surface area contributed by atoms with Crippen LogP contribution in [0.5, 0.6) is 0 Å². The van der Waals surface area contributed by atoms with E-state index in [-0.39, 0.29) is 17.6 Å². The van der Waals surface area contributed by atoms with Crippen LogP contribution in [-0.4, -0.2) is 22.2 Å². The third-order valence-electron chi connectivity index (χ3n) is 3.01. The molecule has 4 heteroatoms. The van der Waals surface area contributed by atoms with Crippen LogP contribution in [0.3, 0.4) is 0 Å². The largest absolute Gasteiger partial charge is 0.478 e. The van der Waals surface area contributed by atoms with Crippen molar-refractivity contribution in [3.8, 4) is 0 Å². The van der Waals surface area contributed by atoms with Gasteiger partial charge in [0.25, 0.3) is 0 Å². The van der Waals surface area contributed by atoms with Crippen molar-refractivity contribution in [1.82, 2.24) is 0 Å². The fourth-order valence-corrected chi connectivity index (χ4v) is 1.96. The minimum absolute atomic E-state index is 0.0380. The van der Waals surface area contributed by atoms with Gasteiger partial charge < -0.3 is 10.2 Å². The first-order chi connectivity index (χ1) is 8.54. The summed E-state index contributed by atoms with van der Waals surface area (Å²) in [5.74, 6) is -2.20. The molecule has 104 valence electrons. The Morgan fingerprint density at radius 2 is 1.28 bits per heavy atom. The Morgan fingerprint density at radius 1 is 0.778 bits per heavy atom. The van der Waals surface area contributed by atoms with Crippen LogP contribution >= 0.6 is 0 Å². The first-order valence-corrected chi connectivity index (χ1v) is 6.73. The van der Waals surface area contributed by atoms with Crippen molar-refractivity contribution in [2.75, 3.05) is 0 Å². The fraction of sp³-hybridized carbons (Fsp3) is 0.714. The molecule has 0 spiro atoms. The van der Waals surface area contributed by atoms with Crippen LogP contribution in [-0.2, 0) is 9.59 Å². The fourth-order valence-electron chi connectivity index (χ4n) is 1.96. The molecule has 0 aliphatic carbocycles. The number of carboxylic acids is 2. The minimum atomic E-state index is -1.11. The molecule has 0 amide bonds. The third-order valence-corrected chi connectivity index (χ3v) is 3.01. The Kier molecular flexibility index (Phi) is 8.97. The van der Waals surface area contributed by atoms with E-state index >= 15 is 0 Å². The van der Waals surface area contributed by atoms with Gasteiger partial charge in [-0.15, -0.1) is 0 Å². The summed E-state index contributed by atoms with van der Waals surface area (Å²) in [7, 11) is 0. The summed E-state index contributed by atoms with van der Waals surface area (Å²) in [6.45, 7) is 3.82. The van der Waals surface area contributed by atoms with Crippen molar-refractivity contribution < 1.29 is 19.8 Å². The van der Waals surface area contributed by atoms with Crippen molar-refractivity contribution in [3.05, 3.63) is 11.1 Å². The number of unbranched alkanes of at least 4 members (excludes halogenated alkanes) is 5. The van der Waals surface area contributed by atoms with Gasteiger partial charge in [0.1, 0.15) is 0 Å². The van der Waals surface area contributed by atoms with Gasteiger partial charge in [-0.3, -0.25) is 0 Å². The Labute approximate surface area is 109 Å². The first-order valence-electron chi connectivity index (χ1n) is 6.73. The average molecular weight is 256 g/mol. The van der Waals surface area contributed by atoms with Crippen LogP contribution in [0.25, 0.3) is 0 Å². The lowest BCUT2D eigenvalue weighted by atomic mass is 9.99. The second-order valence-electron chi connectivity index (χ2n) is 4.44. The van der Waals surface area contributed by atoms with Crippen molar-refractivity contribution >= 4 is 11.9 Å². The highest BCUT2D eigenvalue weighted by Crippen LogP contribution is 2.18. The van der Waals surface area contributed by atoms with E-state index in [1.807, 2.05) is 0 Å². The first kappa shape index (κ1) is 16.7. The summed E-state index contributed by atoms with van der Waals surface area (Å²) in [6.07, 6.45) is 6.98. The van der Waals surface area contributed by atoms with Gasteiger partial charge in [-0.2, -0.15) is 0 Å². The monoisotopic (exact) mass is 256 g/mol. The van der Waals surface area contributed by atoms with Crippen LogP contribution in [0, 0.1) is 0 Å². The number of hydrogen-bond donors (Lipinski definition) is 2. The maximum Gasteiger partial charge on any atom is 0.332 e. The molecule has 0 aliphatic rings. The molecule has 0 saturated heterocycles. The SMILES string of the molecule is CCCCCCCCC(C(=O)O)=C(CC)C(=O)O. The molecule has 0 rings (SSSR count). The van der Waals surface area contributed by atoms with Gasteiger partial charge in [0.15, 0.2) is 0 Å². The number of aliphatic carboxylic acids is 2. The highest BCUT2D eigenvalue weighted by molar-refractivity contribution is 5.98. The van der Waals surface area contributed by atoms with Crippen LogP contribution in [0.1, 0.15) is 65.2 Å². The Balaban J connectivity index is 4.30. The summed E-state index contributed by atoms with van der Waals surface area (Å²) >= 11 is 0. The zero-order chi connectivity index (χ0) is 14.0. The predicted molar refractivity (Wildman–Crippen MR) is 70.6 cm³/mol. The van der Waals surface area contributed by atoms with Gasteiger partial charge in [0.2, 0.25) is 0 Å². The average Bonchev–Trinajstić information content (AvgIpc) is 2.31. The molecule has 0 aromatic rings. The van der Waals surface area contributed by atoms with Crippen LogP contribution in [0.2, 0.25) is 0 Å². The van der Waals surface area contributed by atoms with Gasteiger partial charge in [-0.1, -0.05) is 46.0 Å². The Morgan fingerprint density at radius 3 is 1.72 bits per heavy atom. The quantitative estimate of drug-likeness (QED) is 0.462. The van der Waals surface area contributed by atoms with Crippen molar-refractivity contribution in [3.63, 3.8) is 0 Å². The highest BCUT2D eigenvalue weighted by Gasteiger charge is 2.17. The van der Waals surface area contributed by atoms with E-state index in [1.165, 1.54) is 19.3 Å². The number of rotatable bonds is 10. The standard InChI is InChI=1S/C14H24O4/c1-3-5-6-7-8-9-10-12(14(17)18)11(4-2)13(15)16/h3-10H2,1-2H3,(H,15,16)(H,17,18). The maximum atomic E-state index is 11.0. The van der Waals surface area contributed by atoms with Crippen molar-refractivity contribution in [2.45, 2.75) is 65.2 Å². The Hall–Kier alpha value is -1.32. The zero-order valence-corrected chi connectivity index (χ0v) is 11.4. The molecule has 0 saturated carbocycles. The molecule has 18 heavy (non-hydrogen) atoms. The van der Waals surface area contributed by atoms with Crippen molar-refractivity contribution in [1.29, 1.82) is 0 Å². The van der Waals surface area contributed by atoms with Crippen LogP contribution < -0.4 is 0 Å². The highest BCUT2D eigenvalue weighted by atomic mass is 16.4. The lowest BCUT2D eigenvalue weighted by Crippen LogP contribution is -2.11. The van der Waals surface area contributed by atoms with Gasteiger partial charge in [-0.05, 0) is 19.3 Å². The Bertz CT molecular complexity index is 305. The number of carbonyl (C=O) groups is 2. The lowest BCUT2D eigenvalue weighted by molar-refractivity contribution is -0.136. The zero-order valence-electron chi connectivity index (χ0n) is 11.4. The molecule has 0 fully saturated rings. The van der Waals surface area contributed by atoms with E-state index in [0.29, 0.717) is 6.42 Å².